The van der Waals surface area contributed by atoms with Gasteiger partial charge in [0.2, 0.25) is 0 Å². The maximum atomic E-state index is 10.7. The number of carboxylic acid groups (broad SMARTS) is 2. The Hall–Kier alpha value is -1.32. The lowest BCUT2D eigenvalue weighted by Crippen LogP contribution is -2.04. The standard InChI is InChI=1S/C13H22O4/c1-10(2)7-5-3-4-6-8-11(13(16)17)9-12(14)15/h9-10H,3-8H2,1-2H3,(H,14,15)(H,16,17)/b11-9-. The van der Waals surface area contributed by atoms with Crippen LogP contribution in [0.1, 0.15) is 52.4 Å². The number of hydrogen-bond acceptors (Lipinski definition) is 2. The zero-order valence-electron chi connectivity index (χ0n) is 10.6. The van der Waals surface area contributed by atoms with E-state index in [9.17, 15) is 9.59 Å². The van der Waals surface area contributed by atoms with E-state index in [1.165, 1.54) is 6.42 Å². The number of aliphatic carboxylic acids is 2. The maximum Gasteiger partial charge on any atom is 0.331 e. The Bertz CT molecular complexity index is 279. The fourth-order valence-electron chi connectivity index (χ4n) is 1.61. The topological polar surface area (TPSA) is 74.6 Å². The second-order valence-electron chi connectivity index (χ2n) is 4.66. The maximum absolute atomic E-state index is 10.7. The molecule has 0 unspecified atom stereocenters. The highest BCUT2D eigenvalue weighted by Gasteiger charge is 2.08. The van der Waals surface area contributed by atoms with Gasteiger partial charge in [-0.2, -0.15) is 0 Å². The van der Waals surface area contributed by atoms with Crippen LogP contribution in [-0.4, -0.2) is 22.2 Å². The molecule has 0 amide bonds. The molecule has 0 aromatic rings. The van der Waals surface area contributed by atoms with E-state index in [0.717, 1.165) is 31.8 Å². The normalized spacial score (nSPS) is 11.8. The molecule has 2 N–H and O–H groups in total. The summed E-state index contributed by atoms with van der Waals surface area (Å²) in [7, 11) is 0. The smallest absolute Gasteiger partial charge is 0.331 e. The van der Waals surface area contributed by atoms with E-state index < -0.39 is 11.9 Å². The predicted octanol–water partition coefficient (Wildman–Crippen LogP) is 3.08. The highest BCUT2D eigenvalue weighted by atomic mass is 16.4. The summed E-state index contributed by atoms with van der Waals surface area (Å²) in [5.74, 6) is -1.62. The third kappa shape index (κ3) is 9.60. The van der Waals surface area contributed by atoms with E-state index in [1.807, 2.05) is 0 Å². The first kappa shape index (κ1) is 15.7. The predicted molar refractivity (Wildman–Crippen MR) is 65.9 cm³/mol. The van der Waals surface area contributed by atoms with Gasteiger partial charge in [0.15, 0.2) is 0 Å². The van der Waals surface area contributed by atoms with Gasteiger partial charge in [-0.1, -0.05) is 39.5 Å². The molecule has 0 saturated heterocycles. The summed E-state index contributed by atoms with van der Waals surface area (Å²) in [4.78, 5) is 21.1. The van der Waals surface area contributed by atoms with Crippen molar-refractivity contribution in [2.24, 2.45) is 5.92 Å². The third-order valence-corrected chi connectivity index (χ3v) is 2.55. The summed E-state index contributed by atoms with van der Waals surface area (Å²) in [6, 6.07) is 0. The van der Waals surface area contributed by atoms with Crippen LogP contribution in [0.4, 0.5) is 0 Å². The molecule has 4 heteroatoms. The molecule has 0 saturated carbocycles. The van der Waals surface area contributed by atoms with Gasteiger partial charge in [-0.25, -0.2) is 9.59 Å². The van der Waals surface area contributed by atoms with Gasteiger partial charge in [0.25, 0.3) is 0 Å². The molecule has 17 heavy (non-hydrogen) atoms. The summed E-state index contributed by atoms with van der Waals surface area (Å²) in [6.07, 6.45) is 6.25. The molecule has 0 radical (unpaired) electrons. The van der Waals surface area contributed by atoms with Crippen LogP contribution < -0.4 is 0 Å². The van der Waals surface area contributed by atoms with E-state index in [4.69, 9.17) is 10.2 Å². The largest absolute Gasteiger partial charge is 0.478 e. The van der Waals surface area contributed by atoms with E-state index in [-0.39, 0.29) is 5.57 Å². The van der Waals surface area contributed by atoms with Gasteiger partial charge in [-0.3, -0.25) is 0 Å². The van der Waals surface area contributed by atoms with Crippen LogP contribution in [-0.2, 0) is 9.59 Å². The molecular formula is C13H22O4. The fraction of sp³-hybridized carbons (Fsp3) is 0.692. The van der Waals surface area contributed by atoms with Crippen LogP contribution in [0.25, 0.3) is 0 Å². The summed E-state index contributed by atoms with van der Waals surface area (Å²) in [6.45, 7) is 4.36. The lowest BCUT2D eigenvalue weighted by Gasteiger charge is -2.04. The SMILES string of the molecule is CC(C)CCCCCC/C(=C/C(=O)O)C(=O)O. The van der Waals surface area contributed by atoms with E-state index in [2.05, 4.69) is 13.8 Å². The molecule has 0 aliphatic heterocycles. The van der Waals surface area contributed by atoms with Crippen molar-refractivity contribution < 1.29 is 19.8 Å². The summed E-state index contributed by atoms with van der Waals surface area (Å²) >= 11 is 0. The first-order valence-corrected chi connectivity index (χ1v) is 6.10. The van der Waals surface area contributed by atoms with Crippen molar-refractivity contribution in [2.45, 2.75) is 52.4 Å². The summed E-state index contributed by atoms with van der Waals surface area (Å²) < 4.78 is 0. The van der Waals surface area contributed by atoms with Crippen molar-refractivity contribution >= 4 is 11.9 Å². The first-order valence-electron chi connectivity index (χ1n) is 6.10. The average molecular weight is 242 g/mol. The zero-order chi connectivity index (χ0) is 13.3. The Balaban J connectivity index is 3.77. The number of unbranched alkanes of at least 4 members (excludes halogenated alkanes) is 3. The van der Waals surface area contributed by atoms with Gasteiger partial charge < -0.3 is 10.2 Å². The lowest BCUT2D eigenvalue weighted by atomic mass is 10.0. The molecule has 0 fully saturated rings. The third-order valence-electron chi connectivity index (χ3n) is 2.55. The van der Waals surface area contributed by atoms with Gasteiger partial charge in [-0.05, 0) is 18.8 Å². The molecule has 0 spiro atoms. The molecule has 0 aromatic heterocycles. The van der Waals surface area contributed by atoms with Crippen LogP contribution in [0, 0.1) is 5.92 Å². The van der Waals surface area contributed by atoms with Crippen molar-refractivity contribution in [1.29, 1.82) is 0 Å². The van der Waals surface area contributed by atoms with E-state index >= 15 is 0 Å². The molecule has 0 aliphatic carbocycles. The highest BCUT2D eigenvalue weighted by molar-refractivity contribution is 5.94. The molecule has 0 rings (SSSR count). The zero-order valence-corrected chi connectivity index (χ0v) is 10.6. The van der Waals surface area contributed by atoms with Crippen molar-refractivity contribution in [2.75, 3.05) is 0 Å². The van der Waals surface area contributed by atoms with Crippen LogP contribution in [0.3, 0.4) is 0 Å². The second kappa shape index (κ2) is 8.79. The molecule has 0 heterocycles. The molecule has 98 valence electrons. The molecule has 4 nitrogen and oxygen atoms in total. The first-order chi connectivity index (χ1) is 7.93. The highest BCUT2D eigenvalue weighted by Crippen LogP contribution is 2.13. The molecule has 0 atom stereocenters. The monoisotopic (exact) mass is 242 g/mol. The number of carboxylic acids is 2. The van der Waals surface area contributed by atoms with Gasteiger partial charge in [0.1, 0.15) is 0 Å². The average Bonchev–Trinajstić information content (AvgIpc) is 2.20. The number of carbonyl (C=O) groups is 2. The minimum atomic E-state index is -1.19. The fourth-order valence-corrected chi connectivity index (χ4v) is 1.61. The Kier molecular flexibility index (Phi) is 8.11. The lowest BCUT2D eigenvalue weighted by molar-refractivity contribution is -0.135. The molecule has 0 bridgehead atoms. The van der Waals surface area contributed by atoms with Crippen LogP contribution in [0.15, 0.2) is 11.6 Å². The molecule has 0 aliphatic rings. The summed E-state index contributed by atoms with van der Waals surface area (Å²) in [5, 5.41) is 17.3. The van der Waals surface area contributed by atoms with Gasteiger partial charge in [0, 0.05) is 11.6 Å². The number of hydrogen-bond donors (Lipinski definition) is 2. The Morgan fingerprint density at radius 2 is 1.65 bits per heavy atom. The molecule has 0 aromatic carbocycles. The number of rotatable bonds is 9. The van der Waals surface area contributed by atoms with Gasteiger partial charge in [-0.15, -0.1) is 0 Å². The Labute approximate surface area is 102 Å². The van der Waals surface area contributed by atoms with Crippen molar-refractivity contribution in [3.8, 4) is 0 Å². The van der Waals surface area contributed by atoms with E-state index in [1.54, 1.807) is 0 Å². The van der Waals surface area contributed by atoms with Crippen LogP contribution in [0.2, 0.25) is 0 Å². The Morgan fingerprint density at radius 1 is 1.06 bits per heavy atom. The van der Waals surface area contributed by atoms with Crippen molar-refractivity contribution in [3.05, 3.63) is 11.6 Å². The minimum absolute atomic E-state index is 0.0126. The summed E-state index contributed by atoms with van der Waals surface area (Å²) in [5.41, 5.74) is -0.0126. The van der Waals surface area contributed by atoms with Gasteiger partial charge in [0.05, 0.1) is 0 Å². The van der Waals surface area contributed by atoms with Crippen molar-refractivity contribution in [3.63, 3.8) is 0 Å². The second-order valence-corrected chi connectivity index (χ2v) is 4.66. The van der Waals surface area contributed by atoms with E-state index in [0.29, 0.717) is 12.3 Å². The molecular weight excluding hydrogens is 220 g/mol. The van der Waals surface area contributed by atoms with Crippen molar-refractivity contribution in [1.82, 2.24) is 0 Å². The Morgan fingerprint density at radius 3 is 2.12 bits per heavy atom. The van der Waals surface area contributed by atoms with Crippen LogP contribution >= 0.6 is 0 Å². The van der Waals surface area contributed by atoms with Gasteiger partial charge >= 0.3 is 11.9 Å². The minimum Gasteiger partial charge on any atom is -0.478 e. The quantitative estimate of drug-likeness (QED) is 0.481. The van der Waals surface area contributed by atoms with Crippen LogP contribution in [0.5, 0.6) is 0 Å².